The summed E-state index contributed by atoms with van der Waals surface area (Å²) in [6, 6.07) is 6.80. The Morgan fingerprint density at radius 1 is 1.47 bits per heavy atom. The molecule has 1 heterocycles. The molecule has 0 fully saturated rings. The van der Waals surface area contributed by atoms with Crippen LogP contribution in [0.4, 0.5) is 11.4 Å². The van der Waals surface area contributed by atoms with Crippen molar-refractivity contribution in [3.05, 3.63) is 23.8 Å². The molecule has 0 aromatic heterocycles. The number of para-hydroxylation sites is 1. The predicted molar refractivity (Wildman–Crippen MR) is 63.6 cm³/mol. The Bertz CT molecular complexity index is 338. The Labute approximate surface area is 90.8 Å². The van der Waals surface area contributed by atoms with Crippen LogP contribution in [-0.4, -0.2) is 26.3 Å². The van der Waals surface area contributed by atoms with Crippen LogP contribution in [0.3, 0.4) is 0 Å². The molecule has 2 N–H and O–H groups in total. The summed E-state index contributed by atoms with van der Waals surface area (Å²) < 4.78 is 5.09. The molecule has 82 valence electrons. The fraction of sp³-hybridized carbons (Fsp3) is 0.500. The summed E-state index contributed by atoms with van der Waals surface area (Å²) in [7, 11) is 1.74. The van der Waals surface area contributed by atoms with Crippen molar-refractivity contribution in [1.29, 1.82) is 0 Å². The van der Waals surface area contributed by atoms with Gasteiger partial charge in [0.1, 0.15) is 0 Å². The van der Waals surface area contributed by atoms with Crippen molar-refractivity contribution in [2.24, 2.45) is 0 Å². The monoisotopic (exact) mass is 206 g/mol. The molecule has 1 atom stereocenters. The van der Waals surface area contributed by atoms with E-state index >= 15 is 0 Å². The molecule has 0 aliphatic carbocycles. The molecule has 0 saturated heterocycles. The first kappa shape index (κ1) is 10.3. The summed E-state index contributed by atoms with van der Waals surface area (Å²) in [4.78, 5) is 0. The molecule has 1 aliphatic rings. The third kappa shape index (κ3) is 2.23. The van der Waals surface area contributed by atoms with Crippen LogP contribution >= 0.6 is 0 Å². The van der Waals surface area contributed by atoms with Gasteiger partial charge in [0.2, 0.25) is 0 Å². The summed E-state index contributed by atoms with van der Waals surface area (Å²) >= 11 is 0. The van der Waals surface area contributed by atoms with Crippen LogP contribution in [0.5, 0.6) is 0 Å². The number of fused-ring (bicyclic) bond motifs is 1. The number of anilines is 2. The number of aryl methyl sites for hydroxylation is 1. The quantitative estimate of drug-likeness (QED) is 0.795. The van der Waals surface area contributed by atoms with Gasteiger partial charge in [0, 0.05) is 26.3 Å². The predicted octanol–water partition coefficient (Wildman–Crippen LogP) is 2.24. The summed E-state index contributed by atoms with van der Waals surface area (Å²) in [6.07, 6.45) is 1.04. The second-order valence-electron chi connectivity index (χ2n) is 4.00. The topological polar surface area (TPSA) is 33.3 Å². The number of hydrogen-bond acceptors (Lipinski definition) is 3. The SMILES string of the molecule is COCCC1CNc2c(C)cccc2N1. The minimum absolute atomic E-state index is 0.472. The van der Waals surface area contributed by atoms with Gasteiger partial charge in [0.15, 0.2) is 0 Å². The summed E-state index contributed by atoms with van der Waals surface area (Å²) in [6.45, 7) is 3.91. The Morgan fingerprint density at radius 3 is 3.13 bits per heavy atom. The van der Waals surface area contributed by atoms with E-state index in [9.17, 15) is 0 Å². The average Bonchev–Trinajstić information content (AvgIpc) is 2.26. The number of methoxy groups -OCH3 is 1. The van der Waals surface area contributed by atoms with Crippen LogP contribution in [-0.2, 0) is 4.74 Å². The fourth-order valence-electron chi connectivity index (χ4n) is 1.95. The lowest BCUT2D eigenvalue weighted by molar-refractivity contribution is 0.190. The molecule has 0 spiro atoms. The number of hydrogen-bond donors (Lipinski definition) is 2. The molecule has 1 aromatic carbocycles. The number of rotatable bonds is 3. The highest BCUT2D eigenvalue weighted by molar-refractivity contribution is 5.74. The van der Waals surface area contributed by atoms with E-state index in [4.69, 9.17) is 4.74 Å². The molecule has 0 radical (unpaired) electrons. The Morgan fingerprint density at radius 2 is 2.33 bits per heavy atom. The van der Waals surface area contributed by atoms with Crippen LogP contribution < -0.4 is 10.6 Å². The van der Waals surface area contributed by atoms with Crippen molar-refractivity contribution in [1.82, 2.24) is 0 Å². The first-order chi connectivity index (χ1) is 7.31. The average molecular weight is 206 g/mol. The normalized spacial score (nSPS) is 18.9. The Kier molecular flexibility index (Phi) is 3.11. The zero-order chi connectivity index (χ0) is 10.7. The molecule has 0 amide bonds. The molecular formula is C12H18N2O. The third-order valence-corrected chi connectivity index (χ3v) is 2.83. The van der Waals surface area contributed by atoms with E-state index in [2.05, 4.69) is 35.8 Å². The van der Waals surface area contributed by atoms with Gasteiger partial charge in [-0.15, -0.1) is 0 Å². The van der Waals surface area contributed by atoms with Gasteiger partial charge in [0.05, 0.1) is 11.4 Å². The summed E-state index contributed by atoms with van der Waals surface area (Å²) in [5.41, 5.74) is 3.75. The van der Waals surface area contributed by atoms with Gasteiger partial charge in [-0.05, 0) is 25.0 Å². The molecule has 0 bridgehead atoms. The van der Waals surface area contributed by atoms with Crippen LogP contribution in [0.2, 0.25) is 0 Å². The van der Waals surface area contributed by atoms with Crippen LogP contribution in [0, 0.1) is 6.92 Å². The molecule has 2 rings (SSSR count). The van der Waals surface area contributed by atoms with E-state index in [1.54, 1.807) is 7.11 Å². The highest BCUT2D eigenvalue weighted by atomic mass is 16.5. The van der Waals surface area contributed by atoms with Gasteiger partial charge in [-0.1, -0.05) is 12.1 Å². The van der Waals surface area contributed by atoms with Crippen molar-refractivity contribution in [2.45, 2.75) is 19.4 Å². The van der Waals surface area contributed by atoms with E-state index in [1.807, 2.05) is 0 Å². The highest BCUT2D eigenvalue weighted by Gasteiger charge is 2.17. The van der Waals surface area contributed by atoms with E-state index in [-0.39, 0.29) is 0 Å². The van der Waals surface area contributed by atoms with Gasteiger partial charge in [-0.3, -0.25) is 0 Å². The lowest BCUT2D eigenvalue weighted by atomic mass is 10.1. The smallest absolute Gasteiger partial charge is 0.0606 e. The second-order valence-corrected chi connectivity index (χ2v) is 4.00. The van der Waals surface area contributed by atoms with Crippen LogP contribution in [0.1, 0.15) is 12.0 Å². The zero-order valence-electron chi connectivity index (χ0n) is 9.34. The fourth-order valence-corrected chi connectivity index (χ4v) is 1.95. The lowest BCUT2D eigenvalue weighted by Crippen LogP contribution is -2.34. The molecule has 15 heavy (non-hydrogen) atoms. The Balaban J connectivity index is 2.07. The third-order valence-electron chi connectivity index (χ3n) is 2.83. The molecule has 1 unspecified atom stereocenters. The van der Waals surface area contributed by atoms with Crippen molar-refractivity contribution < 1.29 is 4.74 Å². The number of ether oxygens (including phenoxy) is 1. The first-order valence-electron chi connectivity index (χ1n) is 5.40. The number of nitrogens with one attached hydrogen (secondary N) is 2. The van der Waals surface area contributed by atoms with Crippen LogP contribution in [0.15, 0.2) is 18.2 Å². The molecule has 1 aliphatic heterocycles. The molecular weight excluding hydrogens is 188 g/mol. The van der Waals surface area contributed by atoms with Gasteiger partial charge in [-0.2, -0.15) is 0 Å². The van der Waals surface area contributed by atoms with Crippen molar-refractivity contribution in [2.75, 3.05) is 30.9 Å². The molecule has 3 heteroatoms. The largest absolute Gasteiger partial charge is 0.385 e. The van der Waals surface area contributed by atoms with Gasteiger partial charge in [0.25, 0.3) is 0 Å². The van der Waals surface area contributed by atoms with Crippen LogP contribution in [0.25, 0.3) is 0 Å². The van der Waals surface area contributed by atoms with Crippen molar-refractivity contribution in [3.8, 4) is 0 Å². The van der Waals surface area contributed by atoms with Crippen molar-refractivity contribution >= 4 is 11.4 Å². The maximum Gasteiger partial charge on any atom is 0.0606 e. The first-order valence-corrected chi connectivity index (χ1v) is 5.40. The second kappa shape index (κ2) is 4.53. The van der Waals surface area contributed by atoms with E-state index < -0.39 is 0 Å². The summed E-state index contributed by atoms with van der Waals surface area (Å²) in [5.74, 6) is 0. The maximum atomic E-state index is 5.09. The molecule has 0 saturated carbocycles. The standard InChI is InChI=1S/C12H18N2O/c1-9-4-3-5-11-12(9)13-8-10(14-11)6-7-15-2/h3-5,10,13-14H,6-8H2,1-2H3. The van der Waals surface area contributed by atoms with E-state index in [1.165, 1.54) is 16.9 Å². The molecule has 3 nitrogen and oxygen atoms in total. The highest BCUT2D eigenvalue weighted by Crippen LogP contribution is 2.29. The van der Waals surface area contributed by atoms with Gasteiger partial charge in [-0.25, -0.2) is 0 Å². The lowest BCUT2D eigenvalue weighted by Gasteiger charge is -2.29. The maximum absolute atomic E-state index is 5.09. The van der Waals surface area contributed by atoms with Gasteiger partial charge < -0.3 is 15.4 Å². The van der Waals surface area contributed by atoms with Gasteiger partial charge >= 0.3 is 0 Å². The Hall–Kier alpha value is -1.22. The molecule has 1 aromatic rings. The van der Waals surface area contributed by atoms with Crippen molar-refractivity contribution in [3.63, 3.8) is 0 Å². The minimum atomic E-state index is 0.472. The van der Waals surface area contributed by atoms with E-state index in [0.717, 1.165) is 19.6 Å². The zero-order valence-corrected chi connectivity index (χ0v) is 9.34. The minimum Gasteiger partial charge on any atom is -0.385 e. The summed E-state index contributed by atoms with van der Waals surface area (Å²) in [5, 5.41) is 7.00. The number of benzene rings is 1. The van der Waals surface area contributed by atoms with E-state index in [0.29, 0.717) is 6.04 Å².